The van der Waals surface area contributed by atoms with Gasteiger partial charge in [-0.25, -0.2) is 23.9 Å². The molecule has 380 valence electrons. The molecule has 1 unspecified atom stereocenters. The Morgan fingerprint density at radius 1 is 0.722 bits per heavy atom. The van der Waals surface area contributed by atoms with Crippen molar-refractivity contribution in [3.05, 3.63) is 96.1 Å². The first-order valence-electron chi connectivity index (χ1n) is 23.9. The molecule has 4 N–H and O–H groups in total. The van der Waals surface area contributed by atoms with Gasteiger partial charge in [0.1, 0.15) is 53.1 Å². The second-order valence-corrected chi connectivity index (χ2v) is 18.9. The van der Waals surface area contributed by atoms with E-state index in [-0.39, 0.29) is 35.3 Å². The predicted octanol–water partition coefficient (Wildman–Crippen LogP) is 7.51. The van der Waals surface area contributed by atoms with Crippen LogP contribution < -0.4 is 20.1 Å². The first kappa shape index (κ1) is 49.5. The third kappa shape index (κ3) is 9.08. The highest BCUT2D eigenvalue weighted by molar-refractivity contribution is 5.93. The Bertz CT molecular complexity index is 3000. The van der Waals surface area contributed by atoms with Gasteiger partial charge in [0.25, 0.3) is 0 Å². The van der Waals surface area contributed by atoms with Crippen molar-refractivity contribution in [2.75, 3.05) is 48.6 Å². The number of alkyl carbamates (subject to hydrolysis) is 2. The number of methoxy groups -OCH3 is 5. The molecule has 0 spiro atoms. The number of carbonyl (C=O) groups excluding carboxylic acids is 4. The SMILES string of the molecule is COC(=O)N[C@H](C(=O)N1CC[C@H](OC)[C@H]1c1ncc(-c2cc(F)c3c(c2)OC(c2cccc(OC)c2)n2c-3cc3cc(-c4cnc([C@@H]5[C@@H](OC)CCN5C(=O)[C@@H](NC(=O)OC)C(C)C)[nH]4)ccc32)[nH]1)C(C)C. The van der Waals surface area contributed by atoms with Gasteiger partial charge in [-0.2, -0.15) is 0 Å². The monoisotopic (exact) mass is 989 g/mol. The van der Waals surface area contributed by atoms with E-state index in [4.69, 9.17) is 38.4 Å². The molecule has 0 radical (unpaired) electrons. The van der Waals surface area contributed by atoms with E-state index in [1.807, 2.05) is 80.8 Å². The Hall–Kier alpha value is -7.45. The number of aromatic nitrogens is 5. The Morgan fingerprint density at radius 2 is 1.29 bits per heavy atom. The minimum absolute atomic E-state index is 0.215. The number of aromatic amines is 2. The molecule has 7 atom stereocenters. The van der Waals surface area contributed by atoms with E-state index in [0.717, 1.165) is 22.0 Å². The molecular weight excluding hydrogens is 930 g/mol. The summed E-state index contributed by atoms with van der Waals surface area (Å²) in [6.45, 7) is 8.17. The van der Waals surface area contributed by atoms with E-state index in [1.165, 1.54) is 20.3 Å². The van der Waals surface area contributed by atoms with Crippen molar-refractivity contribution in [1.29, 1.82) is 0 Å². The van der Waals surface area contributed by atoms with Crippen molar-refractivity contribution in [2.24, 2.45) is 11.8 Å². The van der Waals surface area contributed by atoms with Crippen LogP contribution >= 0.6 is 0 Å². The maximum absolute atomic E-state index is 17.0. The van der Waals surface area contributed by atoms with Gasteiger partial charge in [0.05, 0.1) is 74.1 Å². The van der Waals surface area contributed by atoms with E-state index < -0.39 is 54.5 Å². The van der Waals surface area contributed by atoms with E-state index in [1.54, 1.807) is 49.6 Å². The van der Waals surface area contributed by atoms with Crippen molar-refractivity contribution in [1.82, 2.24) is 44.9 Å². The van der Waals surface area contributed by atoms with Crippen molar-refractivity contribution in [2.45, 2.75) is 83.1 Å². The first-order valence-corrected chi connectivity index (χ1v) is 23.9. The quantitative estimate of drug-likeness (QED) is 0.0834. The van der Waals surface area contributed by atoms with Gasteiger partial charge in [-0.1, -0.05) is 45.9 Å². The van der Waals surface area contributed by atoms with Gasteiger partial charge in [-0.15, -0.1) is 0 Å². The number of hydrogen-bond acceptors (Lipinski definition) is 12. The number of carbonyl (C=O) groups is 4. The van der Waals surface area contributed by atoms with Crippen molar-refractivity contribution in [3.63, 3.8) is 0 Å². The van der Waals surface area contributed by atoms with E-state index >= 15 is 4.39 Å². The fourth-order valence-electron chi connectivity index (χ4n) is 10.3. The molecule has 0 saturated carbocycles. The lowest BCUT2D eigenvalue weighted by Crippen LogP contribution is -2.51. The maximum Gasteiger partial charge on any atom is 0.407 e. The molecule has 3 aliphatic heterocycles. The molecule has 9 rings (SSSR count). The van der Waals surface area contributed by atoms with Crippen molar-refractivity contribution >= 4 is 34.9 Å². The third-order valence-electron chi connectivity index (χ3n) is 14.0. The number of likely N-dealkylation sites (tertiary alicyclic amines) is 2. The Labute approximate surface area is 415 Å². The summed E-state index contributed by atoms with van der Waals surface area (Å²) in [5.74, 6) is 0.337. The lowest BCUT2D eigenvalue weighted by atomic mass is 10.0. The molecular formula is C52H60FN9O10. The van der Waals surface area contributed by atoms with Crippen LogP contribution in [0.25, 0.3) is 44.7 Å². The molecule has 6 aromatic rings. The summed E-state index contributed by atoms with van der Waals surface area (Å²) in [6, 6.07) is 15.8. The Morgan fingerprint density at radius 3 is 1.82 bits per heavy atom. The lowest BCUT2D eigenvalue weighted by molar-refractivity contribution is -0.137. The molecule has 19 nitrogen and oxygen atoms in total. The average molecular weight is 990 g/mol. The van der Waals surface area contributed by atoms with Crippen LogP contribution in [0.5, 0.6) is 11.5 Å². The summed E-state index contributed by atoms with van der Waals surface area (Å²) < 4.78 is 52.8. The zero-order chi connectivity index (χ0) is 51.1. The summed E-state index contributed by atoms with van der Waals surface area (Å²) in [5.41, 5.74) is 4.83. The zero-order valence-electron chi connectivity index (χ0n) is 41.6. The van der Waals surface area contributed by atoms with Gasteiger partial charge >= 0.3 is 12.2 Å². The molecule has 4 amide bonds. The van der Waals surface area contributed by atoms with Crippen LogP contribution in [0.3, 0.4) is 0 Å². The van der Waals surface area contributed by atoms with Crippen molar-refractivity contribution in [3.8, 4) is 45.3 Å². The van der Waals surface area contributed by atoms with Crippen LogP contribution in [-0.2, 0) is 28.5 Å². The molecule has 6 heterocycles. The van der Waals surface area contributed by atoms with Gasteiger partial charge in [0.15, 0.2) is 0 Å². The smallest absolute Gasteiger partial charge is 0.407 e. The number of H-pyrrole nitrogens is 2. The number of halogens is 1. The molecule has 72 heavy (non-hydrogen) atoms. The van der Waals surface area contributed by atoms with Crippen LogP contribution in [0.1, 0.15) is 76.1 Å². The second-order valence-electron chi connectivity index (χ2n) is 18.9. The Balaban J connectivity index is 1.06. The fourth-order valence-corrected chi connectivity index (χ4v) is 10.3. The van der Waals surface area contributed by atoms with Gasteiger partial charge in [-0.3, -0.25) is 9.59 Å². The molecule has 2 saturated heterocycles. The highest BCUT2D eigenvalue weighted by Crippen LogP contribution is 2.48. The van der Waals surface area contributed by atoms with E-state index in [9.17, 15) is 19.2 Å². The van der Waals surface area contributed by atoms with Crippen LogP contribution in [0.2, 0.25) is 0 Å². The summed E-state index contributed by atoms with van der Waals surface area (Å²) >= 11 is 0. The summed E-state index contributed by atoms with van der Waals surface area (Å²) in [4.78, 5) is 72.1. The number of rotatable bonds is 14. The fraction of sp³-hybridized carbons (Fsp3) is 0.423. The number of amides is 4. The Kier molecular flexibility index (Phi) is 14.0. The lowest BCUT2D eigenvalue weighted by Gasteiger charge is -2.31. The standard InChI is InChI=1S/C52H60FN9O10/c1-26(2)42(58-51(65)70-8)48(63)60-17-15-38(68-6)44(60)46-54-24-34(56-46)28-13-14-36-31(19-28)22-37-41-33(53)21-30(23-40(41)72-50(62(36)37)29-11-10-12-32(20-29)67-5)35-25-55-47(57-35)45-39(69-7)16-18-61(45)49(64)43(27(3)4)59-52(66)71-9/h10-14,19-27,38-39,42-45,50H,15-18H2,1-9H3,(H,54,56)(H,55,57)(H,58,65)(H,59,66)/t38-,39-,42-,43-,44-,45-,50?/m0/s1. The number of hydrogen-bond donors (Lipinski definition) is 4. The normalized spacial score (nSPS) is 20.2. The first-order chi connectivity index (χ1) is 34.7. The van der Waals surface area contributed by atoms with E-state index in [0.29, 0.717) is 71.7 Å². The summed E-state index contributed by atoms with van der Waals surface area (Å²) in [5, 5.41) is 6.16. The van der Waals surface area contributed by atoms with Crippen molar-refractivity contribution < 1.29 is 52.0 Å². The third-order valence-corrected chi connectivity index (χ3v) is 14.0. The van der Waals surface area contributed by atoms with Crippen LogP contribution in [-0.4, -0.2) is 131 Å². The van der Waals surface area contributed by atoms with Crippen LogP contribution in [0.15, 0.2) is 73.1 Å². The molecule has 3 aromatic carbocycles. The maximum atomic E-state index is 17.0. The number of imidazole rings is 2. The highest BCUT2D eigenvalue weighted by atomic mass is 19.1. The van der Waals surface area contributed by atoms with Crippen LogP contribution in [0, 0.1) is 17.7 Å². The second kappa shape index (κ2) is 20.3. The van der Waals surface area contributed by atoms with E-state index in [2.05, 4.69) is 20.6 Å². The minimum Gasteiger partial charge on any atom is -0.497 e. The highest BCUT2D eigenvalue weighted by Gasteiger charge is 2.45. The molecule has 3 aromatic heterocycles. The minimum atomic E-state index is -0.853. The predicted molar refractivity (Wildman–Crippen MR) is 262 cm³/mol. The molecule has 0 aliphatic carbocycles. The number of fused-ring (bicyclic) bond motifs is 5. The van der Waals surface area contributed by atoms with Gasteiger partial charge in [0, 0.05) is 49.4 Å². The molecule has 0 bridgehead atoms. The van der Waals surface area contributed by atoms with Gasteiger partial charge in [-0.05, 0) is 67.1 Å². The zero-order valence-corrected chi connectivity index (χ0v) is 41.6. The molecule has 2 fully saturated rings. The molecule has 20 heteroatoms. The molecule has 3 aliphatic rings. The summed E-state index contributed by atoms with van der Waals surface area (Å²) in [7, 11) is 7.28. The number of benzene rings is 3. The van der Waals surface area contributed by atoms with Gasteiger partial charge < -0.3 is 63.4 Å². The average Bonchev–Trinajstić information content (AvgIpc) is 4.25. The number of nitrogens with one attached hydrogen (secondary N) is 4. The summed E-state index contributed by atoms with van der Waals surface area (Å²) in [6.07, 6.45) is 1.52. The van der Waals surface area contributed by atoms with Gasteiger partial charge in [0.2, 0.25) is 18.0 Å². The largest absolute Gasteiger partial charge is 0.497 e. The van der Waals surface area contributed by atoms with Crippen LogP contribution in [0.4, 0.5) is 14.0 Å². The topological polar surface area (TPSA) is 216 Å². The number of ether oxygens (including phenoxy) is 6. The number of nitrogens with zero attached hydrogens (tertiary/aromatic N) is 5.